The van der Waals surface area contributed by atoms with Gasteiger partial charge >= 0.3 is 0 Å². The van der Waals surface area contributed by atoms with Crippen molar-refractivity contribution in [1.29, 1.82) is 0 Å². The summed E-state index contributed by atoms with van der Waals surface area (Å²) in [7, 11) is 0. The van der Waals surface area contributed by atoms with Crippen molar-refractivity contribution in [3.05, 3.63) is 24.3 Å². The molecule has 0 radical (unpaired) electrons. The molecule has 7 heteroatoms. The Balaban J connectivity index is 2.06. The summed E-state index contributed by atoms with van der Waals surface area (Å²) in [5.41, 5.74) is 7.66. The highest BCUT2D eigenvalue weighted by molar-refractivity contribution is 5.80. The maximum absolute atomic E-state index is 5.67. The lowest BCUT2D eigenvalue weighted by molar-refractivity contribution is 0.310. The van der Waals surface area contributed by atoms with Crippen LogP contribution in [0.2, 0.25) is 0 Å². The third-order valence-corrected chi connectivity index (χ3v) is 2.95. The number of nitrogens with two attached hydrogens (primary N) is 1. The van der Waals surface area contributed by atoms with Crippen molar-refractivity contribution in [1.82, 2.24) is 19.9 Å². The number of nitrogens with one attached hydrogen (secondary N) is 1. The molecular formula is C13H16N6O. The molecule has 3 aromatic rings. The molecule has 20 heavy (non-hydrogen) atoms. The fraction of sp³-hybridized carbons (Fsp3) is 0.308. The molecule has 0 unspecified atom stereocenters. The molecule has 1 aromatic carbocycles. The number of para-hydroxylation sites is 2. The minimum absolute atomic E-state index is 0.216. The predicted molar refractivity (Wildman–Crippen MR) is 76.6 cm³/mol. The molecule has 104 valence electrons. The summed E-state index contributed by atoms with van der Waals surface area (Å²) in [4.78, 5) is 4.57. The summed E-state index contributed by atoms with van der Waals surface area (Å²) in [6.07, 6.45) is 0. The molecule has 0 saturated heterocycles. The topological polar surface area (TPSA) is 94.8 Å². The van der Waals surface area contributed by atoms with Crippen LogP contribution in [-0.2, 0) is 6.54 Å². The number of benzene rings is 1. The number of fused-ring (bicyclic) bond motifs is 1. The standard InChI is InChI=1S/C13H16N6O/c1-8(2)7-19-10-6-4-3-5-9(10)15-13(19)16-12-11(14)17-20-18-12/h3-6,8H,7H2,1-2H3,(H2,14,17)(H,15,16,18). The Labute approximate surface area is 115 Å². The highest BCUT2D eigenvalue weighted by Gasteiger charge is 2.14. The van der Waals surface area contributed by atoms with E-state index in [0.29, 0.717) is 17.7 Å². The SMILES string of the molecule is CC(C)Cn1c(Nc2nonc2N)nc2ccccc21. The molecule has 3 rings (SSSR count). The number of nitrogens with zero attached hydrogens (tertiary/aromatic N) is 4. The average Bonchev–Trinajstić information content (AvgIpc) is 2.96. The van der Waals surface area contributed by atoms with Gasteiger partial charge in [0, 0.05) is 6.54 Å². The van der Waals surface area contributed by atoms with Crippen LogP contribution in [0.3, 0.4) is 0 Å². The van der Waals surface area contributed by atoms with E-state index in [0.717, 1.165) is 17.6 Å². The van der Waals surface area contributed by atoms with Gasteiger partial charge in [0.25, 0.3) is 0 Å². The number of aromatic nitrogens is 4. The minimum atomic E-state index is 0.216. The van der Waals surface area contributed by atoms with Gasteiger partial charge in [-0.3, -0.25) is 0 Å². The van der Waals surface area contributed by atoms with E-state index in [1.807, 2.05) is 24.3 Å². The smallest absolute Gasteiger partial charge is 0.221 e. The molecule has 0 bridgehead atoms. The van der Waals surface area contributed by atoms with E-state index in [1.54, 1.807) is 0 Å². The van der Waals surface area contributed by atoms with Crippen LogP contribution in [-0.4, -0.2) is 19.9 Å². The summed E-state index contributed by atoms with van der Waals surface area (Å²) in [6.45, 7) is 5.16. The highest BCUT2D eigenvalue weighted by Crippen LogP contribution is 2.24. The maximum Gasteiger partial charge on any atom is 0.221 e. The van der Waals surface area contributed by atoms with Crippen LogP contribution < -0.4 is 11.1 Å². The van der Waals surface area contributed by atoms with Crippen molar-refractivity contribution in [2.45, 2.75) is 20.4 Å². The summed E-state index contributed by atoms with van der Waals surface area (Å²) in [5, 5.41) is 10.4. The first kappa shape index (κ1) is 12.5. The maximum atomic E-state index is 5.67. The largest absolute Gasteiger partial charge is 0.378 e. The third kappa shape index (κ3) is 2.18. The van der Waals surface area contributed by atoms with Gasteiger partial charge in [0.05, 0.1) is 11.0 Å². The number of nitrogen functional groups attached to an aromatic ring is 1. The van der Waals surface area contributed by atoms with E-state index in [4.69, 9.17) is 5.73 Å². The van der Waals surface area contributed by atoms with Crippen molar-refractivity contribution in [2.24, 2.45) is 5.92 Å². The van der Waals surface area contributed by atoms with Crippen LogP contribution >= 0.6 is 0 Å². The molecule has 3 N–H and O–H groups in total. The van der Waals surface area contributed by atoms with E-state index in [2.05, 4.69) is 43.7 Å². The number of hydrogen-bond donors (Lipinski definition) is 2. The molecule has 0 fully saturated rings. The molecule has 0 amide bonds. The molecule has 0 spiro atoms. The van der Waals surface area contributed by atoms with E-state index in [-0.39, 0.29) is 5.82 Å². The van der Waals surface area contributed by atoms with Gasteiger partial charge < -0.3 is 15.6 Å². The Kier molecular flexibility index (Phi) is 3.02. The van der Waals surface area contributed by atoms with Gasteiger partial charge in [0.15, 0.2) is 0 Å². The second-order valence-corrected chi connectivity index (χ2v) is 5.05. The quantitative estimate of drug-likeness (QED) is 0.757. The molecule has 0 aliphatic heterocycles. The van der Waals surface area contributed by atoms with Crippen LogP contribution in [0.5, 0.6) is 0 Å². The van der Waals surface area contributed by atoms with Gasteiger partial charge in [-0.15, -0.1) is 0 Å². The Hall–Kier alpha value is -2.57. The van der Waals surface area contributed by atoms with Gasteiger partial charge in [-0.05, 0) is 28.4 Å². The van der Waals surface area contributed by atoms with Crippen LogP contribution in [0.1, 0.15) is 13.8 Å². The van der Waals surface area contributed by atoms with Gasteiger partial charge in [-0.2, -0.15) is 0 Å². The van der Waals surface area contributed by atoms with Gasteiger partial charge in [0.1, 0.15) is 0 Å². The predicted octanol–water partition coefficient (Wildman–Crippen LogP) is 2.40. The molecule has 0 atom stereocenters. The Morgan fingerprint density at radius 1 is 1.30 bits per heavy atom. The van der Waals surface area contributed by atoms with E-state index >= 15 is 0 Å². The van der Waals surface area contributed by atoms with Crippen LogP contribution in [0, 0.1) is 5.92 Å². The van der Waals surface area contributed by atoms with Crippen molar-refractivity contribution >= 4 is 28.6 Å². The van der Waals surface area contributed by atoms with Crippen LogP contribution in [0.25, 0.3) is 11.0 Å². The molecule has 0 saturated carbocycles. The first-order chi connectivity index (χ1) is 9.65. The van der Waals surface area contributed by atoms with E-state index in [1.165, 1.54) is 0 Å². The summed E-state index contributed by atoms with van der Waals surface area (Å²) in [6, 6.07) is 7.98. The summed E-state index contributed by atoms with van der Waals surface area (Å²) < 4.78 is 6.69. The lowest BCUT2D eigenvalue weighted by atomic mass is 10.2. The second-order valence-electron chi connectivity index (χ2n) is 5.05. The Bertz CT molecular complexity index is 729. The van der Waals surface area contributed by atoms with Crippen molar-refractivity contribution in [3.63, 3.8) is 0 Å². The molecule has 2 heterocycles. The molecule has 0 aliphatic carbocycles. The second kappa shape index (κ2) is 4.84. The number of anilines is 3. The first-order valence-electron chi connectivity index (χ1n) is 6.45. The van der Waals surface area contributed by atoms with Crippen LogP contribution in [0.15, 0.2) is 28.9 Å². The minimum Gasteiger partial charge on any atom is -0.378 e. The molecular weight excluding hydrogens is 256 g/mol. The molecule has 2 aromatic heterocycles. The van der Waals surface area contributed by atoms with Crippen molar-refractivity contribution in [2.75, 3.05) is 11.1 Å². The molecule has 7 nitrogen and oxygen atoms in total. The van der Waals surface area contributed by atoms with Crippen molar-refractivity contribution < 1.29 is 4.63 Å². The highest BCUT2D eigenvalue weighted by atomic mass is 16.6. The normalized spacial score (nSPS) is 11.3. The zero-order valence-corrected chi connectivity index (χ0v) is 11.4. The fourth-order valence-corrected chi connectivity index (χ4v) is 2.11. The number of rotatable bonds is 4. The summed E-state index contributed by atoms with van der Waals surface area (Å²) >= 11 is 0. The van der Waals surface area contributed by atoms with Crippen molar-refractivity contribution in [3.8, 4) is 0 Å². The fourth-order valence-electron chi connectivity index (χ4n) is 2.11. The van der Waals surface area contributed by atoms with E-state index in [9.17, 15) is 0 Å². The van der Waals surface area contributed by atoms with Gasteiger partial charge in [-0.25, -0.2) is 9.61 Å². The summed E-state index contributed by atoms with van der Waals surface area (Å²) in [5.74, 6) is 1.77. The zero-order chi connectivity index (χ0) is 14.1. The number of hydrogen-bond acceptors (Lipinski definition) is 6. The Morgan fingerprint density at radius 3 is 2.80 bits per heavy atom. The first-order valence-corrected chi connectivity index (χ1v) is 6.45. The Morgan fingerprint density at radius 2 is 2.10 bits per heavy atom. The lowest BCUT2D eigenvalue weighted by Crippen LogP contribution is -2.09. The zero-order valence-electron chi connectivity index (χ0n) is 11.4. The third-order valence-electron chi connectivity index (χ3n) is 2.95. The molecule has 0 aliphatic rings. The lowest BCUT2D eigenvalue weighted by Gasteiger charge is -2.11. The van der Waals surface area contributed by atoms with E-state index < -0.39 is 0 Å². The van der Waals surface area contributed by atoms with Gasteiger partial charge in [0.2, 0.25) is 17.6 Å². The monoisotopic (exact) mass is 272 g/mol. The van der Waals surface area contributed by atoms with Crippen LogP contribution in [0.4, 0.5) is 17.6 Å². The average molecular weight is 272 g/mol. The number of imidazole rings is 1. The van der Waals surface area contributed by atoms with Gasteiger partial charge in [-0.1, -0.05) is 26.0 Å².